The monoisotopic (exact) mass is 628 g/mol. The van der Waals surface area contributed by atoms with Gasteiger partial charge in [0.2, 0.25) is 17.7 Å². The second-order valence-electron chi connectivity index (χ2n) is 9.52. The van der Waals surface area contributed by atoms with Gasteiger partial charge in [0.25, 0.3) is 0 Å². The minimum absolute atomic E-state index is 0.00427. The third-order valence-corrected chi connectivity index (χ3v) is 7.85. The third kappa shape index (κ3) is 16.5. The highest BCUT2D eigenvalue weighted by Gasteiger charge is 2.22. The Balaban J connectivity index is 2.22. The second-order valence-corrected chi connectivity index (χ2v) is 11.7. The van der Waals surface area contributed by atoms with Crippen LogP contribution in [0.3, 0.4) is 0 Å². The highest BCUT2D eigenvalue weighted by atomic mass is 32.2. The van der Waals surface area contributed by atoms with Gasteiger partial charge in [-0.15, -0.1) is 11.8 Å². The average Bonchev–Trinajstić information content (AvgIpc) is 2.98. The van der Waals surface area contributed by atoms with Crippen LogP contribution >= 0.6 is 23.5 Å². The zero-order valence-corrected chi connectivity index (χ0v) is 26.4. The quantitative estimate of drug-likeness (QED) is 0.0838. The molecule has 5 N–H and O–H groups in total. The van der Waals surface area contributed by atoms with Crippen LogP contribution in [0, 0.1) is 0 Å². The van der Waals surface area contributed by atoms with Crippen LogP contribution in [0.2, 0.25) is 0 Å². The van der Waals surface area contributed by atoms with E-state index in [-0.39, 0.29) is 30.5 Å². The summed E-state index contributed by atoms with van der Waals surface area (Å²) in [5.74, 6) is -0.207. The van der Waals surface area contributed by atoms with Crippen molar-refractivity contribution in [3.8, 4) is 0 Å². The maximum Gasteiger partial charge on any atom is 0.339 e. The number of rotatable bonds is 21. The molecule has 2 unspecified atom stereocenters. The van der Waals surface area contributed by atoms with Crippen LogP contribution < -0.4 is 21.7 Å². The molecule has 0 saturated carbocycles. The summed E-state index contributed by atoms with van der Waals surface area (Å²) in [5.41, 5.74) is 6.22. The lowest BCUT2D eigenvalue weighted by Crippen LogP contribution is -2.44. The highest BCUT2D eigenvalue weighted by molar-refractivity contribution is 7.99. The number of hydrogen-bond acceptors (Lipinski definition) is 12. The molecule has 1 aromatic rings. The van der Waals surface area contributed by atoms with Crippen LogP contribution in [0.5, 0.6) is 0 Å². The van der Waals surface area contributed by atoms with Crippen molar-refractivity contribution in [2.75, 3.05) is 65.2 Å². The number of amides is 3. The van der Waals surface area contributed by atoms with E-state index in [0.29, 0.717) is 35.7 Å². The predicted octanol–water partition coefficient (Wildman–Crippen LogP) is 0.423. The smallest absolute Gasteiger partial charge is 0.339 e. The van der Waals surface area contributed by atoms with E-state index in [2.05, 4.69) is 30.6 Å². The minimum Gasteiger partial charge on any atom is -0.467 e. The summed E-state index contributed by atoms with van der Waals surface area (Å²) in [6, 6.07) is 1.72. The van der Waals surface area contributed by atoms with Crippen molar-refractivity contribution in [3.63, 3.8) is 0 Å². The third-order valence-electron chi connectivity index (χ3n) is 5.75. The molecule has 0 spiro atoms. The molecule has 0 saturated heterocycles. The van der Waals surface area contributed by atoms with E-state index >= 15 is 0 Å². The second kappa shape index (κ2) is 21.8. The van der Waals surface area contributed by atoms with Gasteiger partial charge in [-0.2, -0.15) is 11.8 Å². The molecule has 0 aliphatic carbocycles. The van der Waals surface area contributed by atoms with E-state index in [4.69, 9.17) is 10.5 Å². The summed E-state index contributed by atoms with van der Waals surface area (Å²) in [6.45, 7) is 1.57. The molecule has 0 fully saturated rings. The lowest BCUT2D eigenvalue weighted by Gasteiger charge is -2.16. The Bertz CT molecular complexity index is 998. The summed E-state index contributed by atoms with van der Waals surface area (Å²) in [5, 5.41) is 8.70. The van der Waals surface area contributed by atoms with Gasteiger partial charge in [-0.25, -0.2) is 14.6 Å². The Morgan fingerprint density at radius 3 is 2.36 bits per heavy atom. The van der Waals surface area contributed by atoms with Crippen molar-refractivity contribution in [2.45, 2.75) is 49.2 Å². The fourth-order valence-electron chi connectivity index (χ4n) is 3.32. The first kappa shape index (κ1) is 37.1. The Morgan fingerprint density at radius 1 is 0.952 bits per heavy atom. The minimum atomic E-state index is -0.915. The number of ether oxygens (including phenoxy) is 2. The summed E-state index contributed by atoms with van der Waals surface area (Å²) in [7, 11) is 6.50. The first-order valence-electron chi connectivity index (χ1n) is 13.6. The summed E-state index contributed by atoms with van der Waals surface area (Å²) in [6.07, 6.45) is 3.82. The van der Waals surface area contributed by atoms with E-state index in [1.165, 1.54) is 32.2 Å². The average molecular weight is 629 g/mol. The van der Waals surface area contributed by atoms with Gasteiger partial charge in [-0.3, -0.25) is 14.4 Å². The predicted molar refractivity (Wildman–Crippen MR) is 163 cm³/mol. The number of unbranched alkanes of at least 4 members (excludes halogenated alkanes) is 2. The number of carbonyl (C=O) groups excluding carboxylic acids is 5. The standard InChI is InChI=1S/C27H44N6O7S2/c1-33(2)14-15-41-17-20(28)25(36)30-12-7-5-6-8-22(34)29-13-11-23(35)32-21(27(38)40-4)18-42-24-10-9-19(16-31-24)26(37)39-3/h9-10,16,20-21H,5-8,11-15,17-18,28H2,1-4H3,(H,29,34)(H,30,36)(H,32,35). The summed E-state index contributed by atoms with van der Waals surface area (Å²) >= 11 is 2.86. The van der Waals surface area contributed by atoms with Crippen LogP contribution in [-0.2, 0) is 28.7 Å². The number of carbonyl (C=O) groups is 5. The first-order valence-corrected chi connectivity index (χ1v) is 15.8. The van der Waals surface area contributed by atoms with Crippen LogP contribution in [0.4, 0.5) is 0 Å². The highest BCUT2D eigenvalue weighted by Crippen LogP contribution is 2.17. The van der Waals surface area contributed by atoms with Gasteiger partial charge >= 0.3 is 11.9 Å². The zero-order valence-electron chi connectivity index (χ0n) is 24.8. The van der Waals surface area contributed by atoms with Crippen molar-refractivity contribution >= 4 is 53.2 Å². The van der Waals surface area contributed by atoms with Crippen molar-refractivity contribution in [1.82, 2.24) is 25.8 Å². The number of nitrogens with zero attached hydrogens (tertiary/aromatic N) is 2. The van der Waals surface area contributed by atoms with Crippen LogP contribution in [0.1, 0.15) is 42.5 Å². The van der Waals surface area contributed by atoms with Crippen LogP contribution in [-0.4, -0.2) is 117 Å². The Kier molecular flexibility index (Phi) is 19.3. The van der Waals surface area contributed by atoms with Gasteiger partial charge in [0.1, 0.15) is 6.04 Å². The molecule has 0 aromatic carbocycles. The number of aromatic nitrogens is 1. The molecule has 1 rings (SSSR count). The maximum absolute atomic E-state index is 12.4. The topological polar surface area (TPSA) is 182 Å². The summed E-state index contributed by atoms with van der Waals surface area (Å²) in [4.78, 5) is 66.4. The largest absolute Gasteiger partial charge is 0.467 e. The van der Waals surface area contributed by atoms with E-state index in [1.54, 1.807) is 23.9 Å². The van der Waals surface area contributed by atoms with Gasteiger partial charge in [0.15, 0.2) is 0 Å². The summed E-state index contributed by atoms with van der Waals surface area (Å²) < 4.78 is 9.42. The lowest BCUT2D eigenvalue weighted by molar-refractivity contribution is -0.144. The lowest BCUT2D eigenvalue weighted by atomic mass is 10.2. The Labute approximate surface area is 256 Å². The SMILES string of the molecule is COC(=O)c1ccc(SCC(NC(=O)CCNC(=O)CCCCCNC(=O)C(N)CSCCN(C)C)C(=O)OC)nc1. The van der Waals surface area contributed by atoms with Crippen LogP contribution in [0.15, 0.2) is 23.4 Å². The van der Waals surface area contributed by atoms with Gasteiger partial charge < -0.3 is 36.1 Å². The zero-order chi connectivity index (χ0) is 31.3. The molecule has 0 aliphatic rings. The molecule has 15 heteroatoms. The van der Waals surface area contributed by atoms with Crippen molar-refractivity contribution < 1.29 is 33.4 Å². The molecule has 1 aromatic heterocycles. The van der Waals surface area contributed by atoms with E-state index in [1.807, 2.05) is 14.1 Å². The van der Waals surface area contributed by atoms with Crippen molar-refractivity contribution in [2.24, 2.45) is 5.73 Å². The number of pyridine rings is 1. The molecule has 0 bridgehead atoms. The molecule has 13 nitrogen and oxygen atoms in total. The molecule has 2 atom stereocenters. The van der Waals surface area contributed by atoms with E-state index in [9.17, 15) is 24.0 Å². The van der Waals surface area contributed by atoms with Gasteiger partial charge in [0, 0.05) is 55.9 Å². The van der Waals surface area contributed by atoms with Gasteiger partial charge in [0.05, 0.1) is 30.9 Å². The fraction of sp³-hybridized carbons (Fsp3) is 0.630. The number of thioether (sulfide) groups is 2. The molecular weight excluding hydrogens is 584 g/mol. The Hall–Kier alpha value is -2.88. The maximum atomic E-state index is 12.4. The van der Waals surface area contributed by atoms with Gasteiger partial charge in [-0.1, -0.05) is 6.42 Å². The number of esters is 2. The van der Waals surface area contributed by atoms with Crippen molar-refractivity contribution in [1.29, 1.82) is 0 Å². The fourth-order valence-corrected chi connectivity index (χ4v) is 5.23. The molecule has 1 heterocycles. The molecule has 42 heavy (non-hydrogen) atoms. The number of nitrogens with one attached hydrogen (secondary N) is 3. The molecule has 236 valence electrons. The van der Waals surface area contributed by atoms with E-state index < -0.39 is 29.9 Å². The number of hydrogen-bond donors (Lipinski definition) is 4. The Morgan fingerprint density at radius 2 is 1.71 bits per heavy atom. The normalized spacial score (nSPS) is 12.2. The molecule has 0 aliphatic heterocycles. The molecule has 3 amide bonds. The molecular formula is C27H44N6O7S2. The van der Waals surface area contributed by atoms with Crippen molar-refractivity contribution in [3.05, 3.63) is 23.9 Å². The first-order chi connectivity index (χ1) is 20.1. The number of methoxy groups -OCH3 is 2. The van der Waals surface area contributed by atoms with Crippen LogP contribution in [0.25, 0.3) is 0 Å². The number of nitrogens with two attached hydrogens (primary N) is 1. The van der Waals surface area contributed by atoms with E-state index in [0.717, 1.165) is 25.1 Å². The molecule has 0 radical (unpaired) electrons. The van der Waals surface area contributed by atoms with Gasteiger partial charge in [-0.05, 0) is 39.1 Å².